The maximum Gasteiger partial charge on any atom is 0.217 e. The van der Waals surface area contributed by atoms with Gasteiger partial charge in [0.15, 0.2) is 10.8 Å². The first kappa shape index (κ1) is 12.9. The van der Waals surface area contributed by atoms with Crippen molar-refractivity contribution in [1.29, 1.82) is 21.2 Å². The van der Waals surface area contributed by atoms with Gasteiger partial charge in [-0.05, 0) is 19.8 Å². The molecule has 0 unspecified atom stereocenters. The van der Waals surface area contributed by atoms with Crippen LogP contribution in [0.2, 0.25) is 0 Å². The van der Waals surface area contributed by atoms with Crippen molar-refractivity contribution in [1.82, 2.24) is 0 Å². The Morgan fingerprint density at radius 2 is 1.90 bits per heavy atom. The third kappa shape index (κ3) is 1.05. The van der Waals surface area contributed by atoms with Crippen molar-refractivity contribution in [2.24, 2.45) is 16.7 Å². The monoisotopic (exact) mass is 270 g/mol. The molecule has 0 aromatic carbocycles. The fraction of sp³-hybridized carbons (Fsp3) is 0.714. The van der Waals surface area contributed by atoms with Gasteiger partial charge in [-0.2, -0.15) is 15.8 Å². The summed E-state index contributed by atoms with van der Waals surface area (Å²) in [5.41, 5.74) is -3.21. The van der Waals surface area contributed by atoms with E-state index in [1.807, 2.05) is 6.07 Å². The molecular formula is C14H14N4O2. The van der Waals surface area contributed by atoms with Gasteiger partial charge in [-0.3, -0.25) is 5.41 Å². The summed E-state index contributed by atoms with van der Waals surface area (Å²) in [7, 11) is 0. The Balaban J connectivity index is 2.31. The van der Waals surface area contributed by atoms with E-state index in [-0.39, 0.29) is 5.90 Å². The van der Waals surface area contributed by atoms with Crippen LogP contribution in [0, 0.1) is 56.2 Å². The zero-order valence-electron chi connectivity index (χ0n) is 11.1. The van der Waals surface area contributed by atoms with Crippen molar-refractivity contribution in [2.75, 3.05) is 0 Å². The molecule has 0 radical (unpaired) electrons. The highest BCUT2D eigenvalue weighted by Gasteiger charge is 2.79. The van der Waals surface area contributed by atoms with E-state index < -0.39 is 28.6 Å². The Hall–Kier alpha value is -2.10. The van der Waals surface area contributed by atoms with E-state index >= 15 is 0 Å². The summed E-state index contributed by atoms with van der Waals surface area (Å²) < 4.78 is 11.5. The predicted molar refractivity (Wildman–Crippen MR) is 65.8 cm³/mol. The third-order valence-electron chi connectivity index (χ3n) is 5.09. The van der Waals surface area contributed by atoms with E-state index in [0.29, 0.717) is 12.8 Å². The summed E-state index contributed by atoms with van der Waals surface area (Å²) in [5.74, 6) is -1.86. The molecule has 4 atom stereocenters. The lowest BCUT2D eigenvalue weighted by molar-refractivity contribution is -0.353. The summed E-state index contributed by atoms with van der Waals surface area (Å²) >= 11 is 0. The Morgan fingerprint density at radius 1 is 1.20 bits per heavy atom. The summed E-state index contributed by atoms with van der Waals surface area (Å²) in [6.45, 7) is 1.65. The first-order chi connectivity index (χ1) is 9.53. The van der Waals surface area contributed by atoms with Crippen LogP contribution < -0.4 is 0 Å². The van der Waals surface area contributed by atoms with Gasteiger partial charge >= 0.3 is 0 Å². The van der Waals surface area contributed by atoms with Crippen LogP contribution in [0.25, 0.3) is 0 Å². The predicted octanol–water partition coefficient (Wildman–Crippen LogP) is 1.84. The number of nitrogens with one attached hydrogen (secondary N) is 1. The maximum absolute atomic E-state index is 9.70. The molecule has 102 valence electrons. The van der Waals surface area contributed by atoms with Gasteiger partial charge in [0, 0.05) is 6.42 Å². The molecule has 3 saturated heterocycles. The molecule has 3 heterocycles. The Labute approximate surface area is 117 Å². The number of nitrogens with zero attached hydrogens (tertiary/aromatic N) is 3. The number of hydrogen-bond donors (Lipinski definition) is 1. The number of rotatable bonds is 0. The largest absolute Gasteiger partial charge is 0.447 e. The molecule has 1 spiro atoms. The normalized spacial score (nSPS) is 44.4. The van der Waals surface area contributed by atoms with Crippen LogP contribution in [0.1, 0.15) is 32.6 Å². The number of ether oxygens (including phenoxy) is 2. The lowest BCUT2D eigenvalue weighted by Crippen LogP contribution is -2.75. The molecule has 1 aliphatic carbocycles. The summed E-state index contributed by atoms with van der Waals surface area (Å²) in [4.78, 5) is 0. The minimum absolute atomic E-state index is 0.292. The summed E-state index contributed by atoms with van der Waals surface area (Å²) in [5, 5.41) is 37.1. The first-order valence-corrected chi connectivity index (χ1v) is 6.72. The molecule has 0 aromatic rings. The summed E-state index contributed by atoms with van der Waals surface area (Å²) in [6.07, 6.45) is 2.18. The quantitative estimate of drug-likeness (QED) is 0.721. The molecule has 3 aliphatic heterocycles. The average Bonchev–Trinajstić information content (AvgIpc) is 2.45. The van der Waals surface area contributed by atoms with Gasteiger partial charge in [0.05, 0.1) is 30.2 Å². The zero-order chi connectivity index (χ0) is 14.6. The van der Waals surface area contributed by atoms with Crippen LogP contribution in [0.3, 0.4) is 0 Å². The van der Waals surface area contributed by atoms with Gasteiger partial charge in [-0.1, -0.05) is 6.42 Å². The number of hydrogen-bond acceptors (Lipinski definition) is 6. The molecule has 4 fully saturated rings. The van der Waals surface area contributed by atoms with Crippen LogP contribution >= 0.6 is 0 Å². The van der Waals surface area contributed by atoms with Gasteiger partial charge in [0.2, 0.25) is 11.7 Å². The Morgan fingerprint density at radius 3 is 2.45 bits per heavy atom. The highest BCUT2D eigenvalue weighted by atomic mass is 16.7. The minimum atomic E-state index is -1.64. The number of fused-ring (bicyclic) bond motifs is 2. The summed E-state index contributed by atoms with van der Waals surface area (Å²) in [6, 6.07) is 6.13. The molecule has 0 aromatic heterocycles. The highest BCUT2D eigenvalue weighted by molar-refractivity contribution is 5.88. The first-order valence-electron chi connectivity index (χ1n) is 6.72. The molecule has 0 amide bonds. The molecule has 2 bridgehead atoms. The van der Waals surface area contributed by atoms with Crippen LogP contribution in [-0.4, -0.2) is 17.8 Å². The van der Waals surface area contributed by atoms with Gasteiger partial charge < -0.3 is 9.47 Å². The lowest BCUT2D eigenvalue weighted by atomic mass is 9.49. The molecule has 1 N–H and O–H groups in total. The standard InChI is InChI=1S/C14H14N4O2/c1-9-13(8-17)11(18)20-14(19-9)5-3-2-4-10(14)12(13,6-15)7-16/h9-10,18H,2-5H2,1H3/t9-,10+,13+,14-/m1/s1. The van der Waals surface area contributed by atoms with Crippen molar-refractivity contribution in [2.45, 2.75) is 44.5 Å². The molecule has 1 saturated carbocycles. The van der Waals surface area contributed by atoms with Crippen LogP contribution in [0.15, 0.2) is 0 Å². The molecule has 6 nitrogen and oxygen atoms in total. The van der Waals surface area contributed by atoms with Gasteiger partial charge in [0.25, 0.3) is 0 Å². The smallest absolute Gasteiger partial charge is 0.217 e. The fourth-order valence-electron chi connectivity index (χ4n) is 4.13. The van der Waals surface area contributed by atoms with Crippen LogP contribution in [-0.2, 0) is 9.47 Å². The van der Waals surface area contributed by atoms with Gasteiger partial charge in [-0.25, -0.2) is 0 Å². The van der Waals surface area contributed by atoms with Crippen molar-refractivity contribution >= 4 is 5.90 Å². The zero-order valence-corrected chi connectivity index (χ0v) is 11.1. The van der Waals surface area contributed by atoms with Gasteiger partial charge in [0.1, 0.15) is 0 Å². The second-order valence-electron chi connectivity index (χ2n) is 5.75. The van der Waals surface area contributed by atoms with Gasteiger partial charge in [-0.15, -0.1) is 0 Å². The van der Waals surface area contributed by atoms with E-state index in [1.165, 1.54) is 0 Å². The number of nitriles is 3. The van der Waals surface area contributed by atoms with E-state index in [1.54, 1.807) is 6.92 Å². The average molecular weight is 270 g/mol. The van der Waals surface area contributed by atoms with Crippen LogP contribution in [0.5, 0.6) is 0 Å². The molecule has 4 aliphatic rings. The molecule has 6 heteroatoms. The fourth-order valence-corrected chi connectivity index (χ4v) is 4.13. The molecule has 20 heavy (non-hydrogen) atoms. The Bertz CT molecular complexity index is 596. The minimum Gasteiger partial charge on any atom is -0.447 e. The highest BCUT2D eigenvalue weighted by Crippen LogP contribution is 2.65. The lowest BCUT2D eigenvalue weighted by Gasteiger charge is -2.63. The van der Waals surface area contributed by atoms with E-state index in [0.717, 1.165) is 12.8 Å². The third-order valence-corrected chi connectivity index (χ3v) is 5.09. The van der Waals surface area contributed by atoms with Crippen molar-refractivity contribution in [3.05, 3.63) is 0 Å². The Kier molecular flexibility index (Phi) is 2.40. The SMILES string of the molecule is C[C@H]1O[C@@]23CCCC[C@H]2C(C#N)(C#N)[C@]1(C#N)C(=N)O3. The maximum atomic E-state index is 9.70. The van der Waals surface area contributed by atoms with E-state index in [4.69, 9.17) is 14.9 Å². The van der Waals surface area contributed by atoms with Crippen LogP contribution in [0.4, 0.5) is 0 Å². The van der Waals surface area contributed by atoms with E-state index in [9.17, 15) is 15.8 Å². The van der Waals surface area contributed by atoms with Crippen molar-refractivity contribution < 1.29 is 9.47 Å². The second-order valence-corrected chi connectivity index (χ2v) is 5.75. The van der Waals surface area contributed by atoms with Crippen molar-refractivity contribution in [3.8, 4) is 18.2 Å². The van der Waals surface area contributed by atoms with E-state index in [2.05, 4.69) is 12.1 Å². The van der Waals surface area contributed by atoms with Crippen molar-refractivity contribution in [3.63, 3.8) is 0 Å². The molecular weight excluding hydrogens is 256 g/mol. The topological polar surface area (TPSA) is 114 Å². The molecule has 4 rings (SSSR count). The second kappa shape index (κ2) is 3.72.